The number of aliphatic hydroxyl groups is 1. The van der Waals surface area contributed by atoms with E-state index in [1.165, 1.54) is 22.4 Å². The molecule has 5 nitrogen and oxygen atoms in total. The van der Waals surface area contributed by atoms with E-state index in [4.69, 9.17) is 9.98 Å². The van der Waals surface area contributed by atoms with Crippen LogP contribution in [-0.4, -0.2) is 40.7 Å². The number of rotatable bonds is 3. The zero-order valence-electron chi connectivity index (χ0n) is 17.3. The van der Waals surface area contributed by atoms with Gasteiger partial charge in [0.1, 0.15) is 0 Å². The lowest BCUT2D eigenvalue weighted by molar-refractivity contribution is 0.145. The van der Waals surface area contributed by atoms with E-state index in [9.17, 15) is 5.11 Å². The van der Waals surface area contributed by atoms with Crippen LogP contribution >= 0.6 is 0 Å². The summed E-state index contributed by atoms with van der Waals surface area (Å²) in [7, 11) is 0. The van der Waals surface area contributed by atoms with Crippen molar-refractivity contribution in [2.24, 2.45) is 9.98 Å². The predicted molar refractivity (Wildman–Crippen MR) is 124 cm³/mol. The number of nitrogens with zero attached hydrogens (tertiary/aromatic N) is 4. The molecule has 3 aliphatic rings. The van der Waals surface area contributed by atoms with Crippen molar-refractivity contribution >= 4 is 28.5 Å². The number of hydrogen-bond donors (Lipinski definition) is 1. The second-order valence-corrected chi connectivity index (χ2v) is 8.56. The van der Waals surface area contributed by atoms with Crippen LogP contribution in [0.2, 0.25) is 0 Å². The van der Waals surface area contributed by atoms with Crippen molar-refractivity contribution in [2.45, 2.75) is 31.8 Å². The third kappa shape index (κ3) is 3.45. The summed E-state index contributed by atoms with van der Waals surface area (Å²) in [6, 6.07) is 19.0. The molecular formula is C26H24N4O. The van der Waals surface area contributed by atoms with Gasteiger partial charge in [0.25, 0.3) is 0 Å². The lowest BCUT2D eigenvalue weighted by atomic mass is 9.99. The van der Waals surface area contributed by atoms with Crippen molar-refractivity contribution in [1.29, 1.82) is 0 Å². The molecule has 1 fully saturated rings. The Labute approximate surface area is 181 Å². The minimum absolute atomic E-state index is 0.150. The Hall–Kier alpha value is -3.31. The van der Waals surface area contributed by atoms with Gasteiger partial charge in [0.15, 0.2) is 0 Å². The average molecular weight is 409 g/mol. The maximum atomic E-state index is 9.78. The monoisotopic (exact) mass is 408 g/mol. The number of piperidine rings is 1. The fraction of sp³-hybridized carbons (Fsp3) is 0.269. The first-order valence-corrected chi connectivity index (χ1v) is 11.0. The van der Waals surface area contributed by atoms with Crippen molar-refractivity contribution in [2.75, 3.05) is 18.0 Å². The Morgan fingerprint density at radius 2 is 1.55 bits per heavy atom. The first-order valence-electron chi connectivity index (χ1n) is 11.0. The summed E-state index contributed by atoms with van der Waals surface area (Å²) in [6.45, 7) is 1.83. The van der Waals surface area contributed by atoms with E-state index in [0.717, 1.165) is 67.3 Å². The third-order valence-corrected chi connectivity index (χ3v) is 6.49. The van der Waals surface area contributed by atoms with Gasteiger partial charge >= 0.3 is 0 Å². The third-order valence-electron chi connectivity index (χ3n) is 6.49. The number of pyridine rings is 1. The molecule has 6 rings (SSSR count). The molecule has 0 unspecified atom stereocenters. The molecule has 2 aromatic carbocycles. The van der Waals surface area contributed by atoms with Gasteiger partial charge in [-0.15, -0.1) is 0 Å². The van der Waals surface area contributed by atoms with Crippen LogP contribution in [0.3, 0.4) is 0 Å². The van der Waals surface area contributed by atoms with Crippen LogP contribution in [0.25, 0.3) is 0 Å². The van der Waals surface area contributed by atoms with Crippen LogP contribution in [0.4, 0.5) is 17.1 Å². The van der Waals surface area contributed by atoms with Crippen molar-refractivity contribution in [1.82, 2.24) is 4.98 Å². The minimum Gasteiger partial charge on any atom is -0.393 e. The maximum absolute atomic E-state index is 9.78. The van der Waals surface area contributed by atoms with Crippen LogP contribution in [0.5, 0.6) is 0 Å². The van der Waals surface area contributed by atoms with Crippen LogP contribution in [0, 0.1) is 0 Å². The number of benzene rings is 2. The van der Waals surface area contributed by atoms with Gasteiger partial charge in [0, 0.05) is 37.8 Å². The van der Waals surface area contributed by atoms with Gasteiger partial charge < -0.3 is 10.0 Å². The maximum Gasteiger partial charge on any atom is 0.0848 e. The SMILES string of the molecule is OC1CCN(c2ccc3c(c2)CC(c2ccc4c(c2)CC(c2ccccn2)=N4)=N3)CC1. The first kappa shape index (κ1) is 18.5. The van der Waals surface area contributed by atoms with Crippen molar-refractivity contribution in [3.63, 3.8) is 0 Å². The fourth-order valence-electron chi connectivity index (χ4n) is 4.74. The Bertz CT molecular complexity index is 1210. The van der Waals surface area contributed by atoms with E-state index in [1.54, 1.807) is 0 Å². The van der Waals surface area contributed by atoms with E-state index >= 15 is 0 Å². The molecule has 4 heterocycles. The van der Waals surface area contributed by atoms with E-state index in [2.05, 4.69) is 46.3 Å². The molecule has 0 bridgehead atoms. The highest BCUT2D eigenvalue weighted by Gasteiger charge is 2.23. The molecule has 154 valence electrons. The zero-order valence-corrected chi connectivity index (χ0v) is 17.3. The fourth-order valence-corrected chi connectivity index (χ4v) is 4.74. The molecule has 1 N–H and O–H groups in total. The Kier molecular flexibility index (Phi) is 4.42. The molecular weight excluding hydrogens is 384 g/mol. The first-order chi connectivity index (χ1) is 15.2. The number of aliphatic imine (C=N–C) groups is 2. The summed E-state index contributed by atoms with van der Waals surface area (Å²) in [6.07, 6.45) is 5.02. The number of fused-ring (bicyclic) bond motifs is 2. The minimum atomic E-state index is -0.150. The normalized spacial score (nSPS) is 17.9. The quantitative estimate of drug-likeness (QED) is 0.699. The van der Waals surface area contributed by atoms with Gasteiger partial charge in [0.2, 0.25) is 0 Å². The Morgan fingerprint density at radius 3 is 2.35 bits per heavy atom. The molecule has 0 radical (unpaired) electrons. The van der Waals surface area contributed by atoms with Gasteiger partial charge in [-0.3, -0.25) is 15.0 Å². The molecule has 31 heavy (non-hydrogen) atoms. The second kappa shape index (κ2) is 7.43. The number of aliphatic hydroxyl groups excluding tert-OH is 1. The lowest BCUT2D eigenvalue weighted by Crippen LogP contribution is -2.35. The highest BCUT2D eigenvalue weighted by atomic mass is 16.3. The molecule has 1 aromatic heterocycles. The van der Waals surface area contributed by atoms with E-state index < -0.39 is 0 Å². The Morgan fingerprint density at radius 1 is 0.806 bits per heavy atom. The number of anilines is 1. The van der Waals surface area contributed by atoms with Gasteiger partial charge in [-0.05, 0) is 72.0 Å². The van der Waals surface area contributed by atoms with Crippen LogP contribution in [0.1, 0.15) is 35.2 Å². The van der Waals surface area contributed by atoms with E-state index in [-0.39, 0.29) is 6.10 Å². The molecule has 0 saturated carbocycles. The molecule has 0 atom stereocenters. The standard InChI is InChI=1S/C26H24N4O/c31-21-8-11-30(12-9-21)20-5-7-23-19(14-20)15-25(28-23)17-4-6-22-18(13-17)16-26(29-22)24-3-1-2-10-27-24/h1-7,10,13-14,21,31H,8-9,11-12,15-16H2. The van der Waals surface area contributed by atoms with Crippen molar-refractivity contribution in [3.05, 3.63) is 83.2 Å². The topological polar surface area (TPSA) is 61.1 Å². The molecule has 0 amide bonds. The van der Waals surface area contributed by atoms with Crippen LogP contribution in [-0.2, 0) is 12.8 Å². The summed E-state index contributed by atoms with van der Waals surface area (Å²) < 4.78 is 0. The van der Waals surface area contributed by atoms with E-state index in [1.807, 2.05) is 24.4 Å². The second-order valence-electron chi connectivity index (χ2n) is 8.56. The average Bonchev–Trinajstić information content (AvgIpc) is 3.43. The van der Waals surface area contributed by atoms with Gasteiger partial charge in [-0.25, -0.2) is 0 Å². The van der Waals surface area contributed by atoms with Gasteiger partial charge in [-0.1, -0.05) is 12.1 Å². The highest BCUT2D eigenvalue weighted by molar-refractivity contribution is 6.09. The highest BCUT2D eigenvalue weighted by Crippen LogP contribution is 2.35. The summed E-state index contributed by atoms with van der Waals surface area (Å²) >= 11 is 0. The Balaban J connectivity index is 1.21. The largest absolute Gasteiger partial charge is 0.393 e. The molecule has 1 saturated heterocycles. The van der Waals surface area contributed by atoms with Crippen molar-refractivity contribution < 1.29 is 5.11 Å². The molecule has 5 heteroatoms. The van der Waals surface area contributed by atoms with Crippen molar-refractivity contribution in [3.8, 4) is 0 Å². The number of aromatic nitrogens is 1. The lowest BCUT2D eigenvalue weighted by Gasteiger charge is -2.31. The molecule has 3 aromatic rings. The molecule has 0 aliphatic carbocycles. The predicted octanol–water partition coefficient (Wildman–Crippen LogP) is 4.40. The van der Waals surface area contributed by atoms with E-state index in [0.29, 0.717) is 0 Å². The summed E-state index contributed by atoms with van der Waals surface area (Å²) in [5, 5.41) is 9.78. The van der Waals surface area contributed by atoms with Crippen LogP contribution in [0.15, 0.2) is 70.8 Å². The summed E-state index contributed by atoms with van der Waals surface area (Å²) in [4.78, 5) is 16.5. The summed E-state index contributed by atoms with van der Waals surface area (Å²) in [5.41, 5.74) is 10.1. The number of hydrogen-bond acceptors (Lipinski definition) is 5. The summed E-state index contributed by atoms with van der Waals surface area (Å²) in [5.74, 6) is 0. The van der Waals surface area contributed by atoms with Gasteiger partial charge in [0.05, 0.1) is 34.6 Å². The molecule has 3 aliphatic heterocycles. The zero-order chi connectivity index (χ0) is 20.8. The van der Waals surface area contributed by atoms with Gasteiger partial charge in [-0.2, -0.15) is 0 Å². The molecule has 0 spiro atoms. The van der Waals surface area contributed by atoms with Crippen LogP contribution < -0.4 is 4.90 Å². The smallest absolute Gasteiger partial charge is 0.0848 e.